The zero-order valence-corrected chi connectivity index (χ0v) is 9.53. The standard InChI is InChI=1S/C12H20N2O/c1-3-14(2)9-8-13-10-11-4-6-12(15)7-5-11/h4-7,13,15H,3,8-10H2,1-2H3. The van der Waals surface area contributed by atoms with E-state index in [4.69, 9.17) is 5.11 Å². The third kappa shape index (κ3) is 4.81. The van der Waals surface area contributed by atoms with E-state index in [9.17, 15) is 0 Å². The van der Waals surface area contributed by atoms with Crippen molar-refractivity contribution in [3.63, 3.8) is 0 Å². The Bertz CT molecular complexity index is 271. The third-order valence-corrected chi connectivity index (χ3v) is 2.48. The summed E-state index contributed by atoms with van der Waals surface area (Å²) in [5, 5.41) is 12.5. The second kappa shape index (κ2) is 6.43. The van der Waals surface area contributed by atoms with Gasteiger partial charge in [-0.3, -0.25) is 0 Å². The topological polar surface area (TPSA) is 35.5 Å². The number of hydrogen-bond donors (Lipinski definition) is 2. The summed E-state index contributed by atoms with van der Waals surface area (Å²) in [6, 6.07) is 7.31. The lowest BCUT2D eigenvalue weighted by molar-refractivity contribution is 0.349. The second-order valence-electron chi connectivity index (χ2n) is 3.74. The minimum absolute atomic E-state index is 0.324. The van der Waals surface area contributed by atoms with Gasteiger partial charge in [-0.2, -0.15) is 0 Å². The molecule has 0 aliphatic carbocycles. The molecule has 3 nitrogen and oxygen atoms in total. The van der Waals surface area contributed by atoms with Crippen LogP contribution in [0.4, 0.5) is 0 Å². The first kappa shape index (κ1) is 12.0. The summed E-state index contributed by atoms with van der Waals surface area (Å²) in [6.45, 7) is 6.15. The number of likely N-dealkylation sites (N-methyl/N-ethyl adjacent to an activating group) is 1. The van der Waals surface area contributed by atoms with Crippen LogP contribution in [0, 0.1) is 0 Å². The zero-order chi connectivity index (χ0) is 11.1. The van der Waals surface area contributed by atoms with Crippen molar-refractivity contribution in [2.45, 2.75) is 13.5 Å². The molecular weight excluding hydrogens is 188 g/mol. The maximum atomic E-state index is 9.11. The van der Waals surface area contributed by atoms with Crippen molar-refractivity contribution in [3.05, 3.63) is 29.8 Å². The van der Waals surface area contributed by atoms with Crippen LogP contribution in [0.5, 0.6) is 5.75 Å². The lowest BCUT2D eigenvalue weighted by Gasteiger charge is -2.13. The number of phenolic OH excluding ortho intramolecular Hbond substituents is 1. The molecule has 0 radical (unpaired) electrons. The SMILES string of the molecule is CCN(C)CCNCc1ccc(O)cc1. The van der Waals surface area contributed by atoms with Crippen LogP contribution in [-0.4, -0.2) is 36.7 Å². The van der Waals surface area contributed by atoms with E-state index in [0.29, 0.717) is 5.75 Å². The molecule has 0 bridgehead atoms. The molecule has 0 fully saturated rings. The summed E-state index contributed by atoms with van der Waals surface area (Å²) < 4.78 is 0. The zero-order valence-electron chi connectivity index (χ0n) is 9.53. The van der Waals surface area contributed by atoms with Crippen molar-refractivity contribution >= 4 is 0 Å². The normalized spacial score (nSPS) is 10.9. The van der Waals surface area contributed by atoms with Gasteiger partial charge in [-0.15, -0.1) is 0 Å². The highest BCUT2D eigenvalue weighted by atomic mass is 16.3. The highest BCUT2D eigenvalue weighted by Gasteiger charge is 1.95. The Labute approximate surface area is 91.7 Å². The Morgan fingerprint density at radius 3 is 2.53 bits per heavy atom. The summed E-state index contributed by atoms with van der Waals surface area (Å²) in [5.41, 5.74) is 1.20. The van der Waals surface area contributed by atoms with Gasteiger partial charge in [0.15, 0.2) is 0 Å². The van der Waals surface area contributed by atoms with E-state index < -0.39 is 0 Å². The first-order valence-corrected chi connectivity index (χ1v) is 5.39. The minimum atomic E-state index is 0.324. The molecule has 2 N–H and O–H groups in total. The summed E-state index contributed by atoms with van der Waals surface area (Å²) in [4.78, 5) is 2.27. The van der Waals surface area contributed by atoms with Gasteiger partial charge in [0.2, 0.25) is 0 Å². The lowest BCUT2D eigenvalue weighted by atomic mass is 10.2. The van der Waals surface area contributed by atoms with Gasteiger partial charge >= 0.3 is 0 Å². The number of phenols is 1. The fraction of sp³-hybridized carbons (Fsp3) is 0.500. The van der Waals surface area contributed by atoms with Crippen LogP contribution in [0.25, 0.3) is 0 Å². The van der Waals surface area contributed by atoms with Crippen LogP contribution < -0.4 is 5.32 Å². The molecule has 1 rings (SSSR count). The largest absolute Gasteiger partial charge is 0.508 e. The van der Waals surface area contributed by atoms with Crippen molar-refractivity contribution in [1.29, 1.82) is 0 Å². The van der Waals surface area contributed by atoms with Crippen LogP contribution in [0.2, 0.25) is 0 Å². The fourth-order valence-electron chi connectivity index (χ4n) is 1.27. The van der Waals surface area contributed by atoms with E-state index in [2.05, 4.69) is 24.2 Å². The van der Waals surface area contributed by atoms with Gasteiger partial charge in [-0.1, -0.05) is 19.1 Å². The highest BCUT2D eigenvalue weighted by molar-refractivity contribution is 5.25. The van der Waals surface area contributed by atoms with Gasteiger partial charge in [0.25, 0.3) is 0 Å². The Morgan fingerprint density at radius 2 is 1.93 bits per heavy atom. The van der Waals surface area contributed by atoms with E-state index in [1.165, 1.54) is 5.56 Å². The quantitative estimate of drug-likeness (QED) is 0.694. The number of hydrogen-bond acceptors (Lipinski definition) is 3. The molecule has 1 aromatic carbocycles. The van der Waals surface area contributed by atoms with Gasteiger partial charge in [0.05, 0.1) is 0 Å². The van der Waals surface area contributed by atoms with Gasteiger partial charge in [0, 0.05) is 19.6 Å². The number of nitrogens with zero attached hydrogens (tertiary/aromatic N) is 1. The van der Waals surface area contributed by atoms with Crippen LogP contribution >= 0.6 is 0 Å². The Morgan fingerprint density at radius 1 is 1.27 bits per heavy atom. The molecule has 15 heavy (non-hydrogen) atoms. The molecular formula is C12H20N2O. The van der Waals surface area contributed by atoms with Crippen molar-refractivity contribution in [2.24, 2.45) is 0 Å². The number of nitrogens with one attached hydrogen (secondary N) is 1. The van der Waals surface area contributed by atoms with Crippen molar-refractivity contribution < 1.29 is 5.11 Å². The first-order valence-electron chi connectivity index (χ1n) is 5.39. The van der Waals surface area contributed by atoms with E-state index in [1.54, 1.807) is 12.1 Å². The van der Waals surface area contributed by atoms with Gasteiger partial charge in [-0.05, 0) is 31.3 Å². The lowest BCUT2D eigenvalue weighted by Crippen LogP contribution is -2.28. The van der Waals surface area contributed by atoms with Gasteiger partial charge in [0.1, 0.15) is 5.75 Å². The molecule has 0 saturated heterocycles. The molecule has 0 heterocycles. The van der Waals surface area contributed by atoms with Crippen molar-refractivity contribution in [2.75, 3.05) is 26.7 Å². The number of aromatic hydroxyl groups is 1. The Kier molecular flexibility index (Phi) is 5.15. The van der Waals surface area contributed by atoms with E-state index in [0.717, 1.165) is 26.2 Å². The molecule has 0 aromatic heterocycles. The van der Waals surface area contributed by atoms with Crippen molar-refractivity contribution in [3.8, 4) is 5.75 Å². The summed E-state index contributed by atoms with van der Waals surface area (Å²) >= 11 is 0. The Hall–Kier alpha value is -1.06. The van der Waals surface area contributed by atoms with Crippen LogP contribution in [0.1, 0.15) is 12.5 Å². The highest BCUT2D eigenvalue weighted by Crippen LogP contribution is 2.08. The average Bonchev–Trinajstić information content (AvgIpc) is 2.26. The van der Waals surface area contributed by atoms with Crippen LogP contribution in [-0.2, 0) is 6.54 Å². The Balaban J connectivity index is 2.17. The van der Waals surface area contributed by atoms with E-state index >= 15 is 0 Å². The molecule has 0 spiro atoms. The van der Waals surface area contributed by atoms with E-state index in [1.807, 2.05) is 12.1 Å². The van der Waals surface area contributed by atoms with Crippen LogP contribution in [0.3, 0.4) is 0 Å². The predicted molar refractivity (Wildman–Crippen MR) is 63.0 cm³/mol. The number of rotatable bonds is 6. The monoisotopic (exact) mass is 208 g/mol. The fourth-order valence-corrected chi connectivity index (χ4v) is 1.27. The first-order chi connectivity index (χ1) is 7.22. The van der Waals surface area contributed by atoms with Gasteiger partial charge < -0.3 is 15.3 Å². The minimum Gasteiger partial charge on any atom is -0.508 e. The molecule has 0 unspecified atom stereocenters. The predicted octanol–water partition coefficient (Wildman–Crippen LogP) is 1.43. The molecule has 0 saturated carbocycles. The average molecular weight is 208 g/mol. The summed E-state index contributed by atoms with van der Waals surface area (Å²) in [5.74, 6) is 0.324. The second-order valence-corrected chi connectivity index (χ2v) is 3.74. The molecule has 3 heteroatoms. The molecule has 0 aliphatic heterocycles. The van der Waals surface area contributed by atoms with Crippen LogP contribution in [0.15, 0.2) is 24.3 Å². The van der Waals surface area contributed by atoms with Gasteiger partial charge in [-0.25, -0.2) is 0 Å². The molecule has 0 amide bonds. The molecule has 0 atom stereocenters. The van der Waals surface area contributed by atoms with E-state index in [-0.39, 0.29) is 0 Å². The third-order valence-electron chi connectivity index (χ3n) is 2.48. The maximum Gasteiger partial charge on any atom is 0.115 e. The summed E-state index contributed by atoms with van der Waals surface area (Å²) in [6.07, 6.45) is 0. The smallest absolute Gasteiger partial charge is 0.115 e. The molecule has 84 valence electrons. The maximum absolute atomic E-state index is 9.11. The molecule has 1 aromatic rings. The molecule has 0 aliphatic rings. The number of benzene rings is 1. The summed E-state index contributed by atoms with van der Waals surface area (Å²) in [7, 11) is 2.11. The van der Waals surface area contributed by atoms with Crippen molar-refractivity contribution in [1.82, 2.24) is 10.2 Å².